The topological polar surface area (TPSA) is 25.2 Å². The van der Waals surface area contributed by atoms with Crippen LogP contribution >= 0.6 is 0 Å². The number of hydrogen-bond donors (Lipinski definition) is 0. The number of unbranched alkanes of at least 4 members (excludes halogenated alkanes) is 1. The lowest BCUT2D eigenvalue weighted by molar-refractivity contribution is 0.0793. The maximum absolute atomic E-state index is 12.4. The molecule has 0 aliphatic carbocycles. The maximum atomic E-state index is 12.4. The zero-order chi connectivity index (χ0) is 14.7. The van der Waals surface area contributed by atoms with E-state index in [-0.39, 0.29) is 5.91 Å². The van der Waals surface area contributed by atoms with Crippen LogP contribution in [-0.4, -0.2) is 29.0 Å². The van der Waals surface area contributed by atoms with Crippen molar-refractivity contribution in [2.45, 2.75) is 39.7 Å². The van der Waals surface area contributed by atoms with Gasteiger partial charge in [-0.15, -0.1) is 0 Å². The molecule has 20 heavy (non-hydrogen) atoms. The second-order valence-electron chi connectivity index (χ2n) is 5.67. The molecule has 0 aliphatic heterocycles. The Morgan fingerprint density at radius 1 is 1.30 bits per heavy atom. The number of amides is 1. The van der Waals surface area contributed by atoms with Gasteiger partial charge in [-0.1, -0.05) is 13.3 Å². The Labute approximate surface area is 121 Å². The predicted octanol–water partition coefficient (Wildman–Crippen LogP) is 4.09. The molecule has 2 aromatic rings. The van der Waals surface area contributed by atoms with Crippen molar-refractivity contribution < 1.29 is 4.79 Å². The summed E-state index contributed by atoms with van der Waals surface area (Å²) >= 11 is 0. The molecular formula is C17H24N2O. The molecule has 1 aromatic carbocycles. The van der Waals surface area contributed by atoms with E-state index in [4.69, 9.17) is 0 Å². The first-order valence-electron chi connectivity index (χ1n) is 7.40. The van der Waals surface area contributed by atoms with Crippen LogP contribution in [0.2, 0.25) is 0 Å². The summed E-state index contributed by atoms with van der Waals surface area (Å²) in [4.78, 5) is 14.2. The molecular weight excluding hydrogens is 248 g/mol. The van der Waals surface area contributed by atoms with E-state index < -0.39 is 0 Å². The quantitative estimate of drug-likeness (QED) is 0.804. The number of fused-ring (bicyclic) bond motifs is 1. The van der Waals surface area contributed by atoms with Crippen molar-refractivity contribution in [3.8, 4) is 0 Å². The smallest absolute Gasteiger partial charge is 0.253 e. The SMILES string of the molecule is CCCCN(C)C(=O)c1ccc2c(ccn2C(C)C)c1. The van der Waals surface area contributed by atoms with Crippen molar-refractivity contribution >= 4 is 16.8 Å². The number of carbonyl (C=O) groups is 1. The molecule has 1 heterocycles. The van der Waals surface area contributed by atoms with Gasteiger partial charge in [0.05, 0.1) is 0 Å². The summed E-state index contributed by atoms with van der Waals surface area (Å²) in [5.41, 5.74) is 1.96. The van der Waals surface area contributed by atoms with Gasteiger partial charge in [-0.2, -0.15) is 0 Å². The predicted molar refractivity (Wildman–Crippen MR) is 84.2 cm³/mol. The third kappa shape index (κ3) is 2.87. The highest BCUT2D eigenvalue weighted by Gasteiger charge is 2.13. The van der Waals surface area contributed by atoms with E-state index in [2.05, 4.69) is 43.7 Å². The highest BCUT2D eigenvalue weighted by molar-refractivity contribution is 5.98. The van der Waals surface area contributed by atoms with Crippen LogP contribution in [0.15, 0.2) is 30.5 Å². The third-order valence-electron chi connectivity index (χ3n) is 3.72. The van der Waals surface area contributed by atoms with Gasteiger partial charge in [-0.05, 0) is 44.5 Å². The molecule has 0 N–H and O–H groups in total. The molecule has 0 saturated heterocycles. The fourth-order valence-electron chi connectivity index (χ4n) is 2.46. The average Bonchev–Trinajstić information content (AvgIpc) is 2.86. The van der Waals surface area contributed by atoms with E-state index in [1.165, 1.54) is 5.52 Å². The highest BCUT2D eigenvalue weighted by atomic mass is 16.2. The summed E-state index contributed by atoms with van der Waals surface area (Å²) < 4.78 is 2.23. The second-order valence-corrected chi connectivity index (χ2v) is 5.67. The summed E-state index contributed by atoms with van der Waals surface area (Å²) in [6.07, 6.45) is 4.24. The number of hydrogen-bond acceptors (Lipinski definition) is 1. The molecule has 3 heteroatoms. The molecule has 0 aliphatic rings. The van der Waals surface area contributed by atoms with Crippen LogP contribution in [0.1, 0.15) is 50.0 Å². The van der Waals surface area contributed by atoms with Gasteiger partial charge < -0.3 is 9.47 Å². The lowest BCUT2D eigenvalue weighted by Gasteiger charge is -2.17. The summed E-state index contributed by atoms with van der Waals surface area (Å²) in [5.74, 6) is 0.109. The van der Waals surface area contributed by atoms with Crippen molar-refractivity contribution in [1.29, 1.82) is 0 Å². The standard InChI is InChI=1S/C17H24N2O/c1-5-6-10-18(4)17(20)15-7-8-16-14(12-15)9-11-19(16)13(2)3/h7-9,11-13H,5-6,10H2,1-4H3. The minimum Gasteiger partial charge on any atom is -0.345 e. The van der Waals surface area contributed by atoms with Gasteiger partial charge in [0, 0.05) is 42.3 Å². The first kappa shape index (κ1) is 14.6. The number of nitrogens with zero attached hydrogens (tertiary/aromatic N) is 2. The van der Waals surface area contributed by atoms with Crippen molar-refractivity contribution in [1.82, 2.24) is 9.47 Å². The Hall–Kier alpha value is -1.77. The van der Waals surface area contributed by atoms with E-state index >= 15 is 0 Å². The van der Waals surface area contributed by atoms with E-state index in [0.29, 0.717) is 6.04 Å². The van der Waals surface area contributed by atoms with Crippen LogP contribution in [0, 0.1) is 0 Å². The molecule has 0 atom stereocenters. The summed E-state index contributed by atoms with van der Waals surface area (Å²) in [7, 11) is 1.88. The molecule has 0 fully saturated rings. The monoisotopic (exact) mass is 272 g/mol. The second kappa shape index (κ2) is 6.12. The summed E-state index contributed by atoms with van der Waals surface area (Å²) in [5, 5.41) is 1.13. The number of benzene rings is 1. The molecule has 1 aromatic heterocycles. The van der Waals surface area contributed by atoms with Gasteiger partial charge in [-0.25, -0.2) is 0 Å². The number of carbonyl (C=O) groups excluding carboxylic acids is 1. The molecule has 108 valence electrons. The Balaban J connectivity index is 2.26. The Morgan fingerprint density at radius 2 is 2.05 bits per heavy atom. The van der Waals surface area contributed by atoms with Gasteiger partial charge in [0.1, 0.15) is 0 Å². The van der Waals surface area contributed by atoms with Crippen molar-refractivity contribution in [3.05, 3.63) is 36.0 Å². The molecule has 1 amide bonds. The van der Waals surface area contributed by atoms with Crippen molar-refractivity contribution in [2.75, 3.05) is 13.6 Å². The first-order chi connectivity index (χ1) is 9.54. The fourth-order valence-corrected chi connectivity index (χ4v) is 2.46. The van der Waals surface area contributed by atoms with E-state index in [0.717, 1.165) is 30.3 Å². The Morgan fingerprint density at radius 3 is 2.70 bits per heavy atom. The molecule has 0 saturated carbocycles. The average molecular weight is 272 g/mol. The summed E-state index contributed by atoms with van der Waals surface area (Å²) in [6.45, 7) is 7.29. The zero-order valence-corrected chi connectivity index (χ0v) is 12.9. The highest BCUT2D eigenvalue weighted by Crippen LogP contribution is 2.21. The van der Waals surface area contributed by atoms with Gasteiger partial charge in [0.2, 0.25) is 0 Å². The number of aromatic nitrogens is 1. The van der Waals surface area contributed by atoms with E-state index in [1.54, 1.807) is 0 Å². The minimum absolute atomic E-state index is 0.109. The molecule has 3 nitrogen and oxygen atoms in total. The van der Waals surface area contributed by atoms with Gasteiger partial charge in [0.15, 0.2) is 0 Å². The lowest BCUT2D eigenvalue weighted by atomic mass is 10.1. The minimum atomic E-state index is 0.109. The maximum Gasteiger partial charge on any atom is 0.253 e. The van der Waals surface area contributed by atoms with Gasteiger partial charge in [0.25, 0.3) is 5.91 Å². The molecule has 0 spiro atoms. The first-order valence-corrected chi connectivity index (χ1v) is 7.40. The van der Waals surface area contributed by atoms with Crippen LogP contribution < -0.4 is 0 Å². The Kier molecular flexibility index (Phi) is 4.48. The fraction of sp³-hybridized carbons (Fsp3) is 0.471. The van der Waals surface area contributed by atoms with Crippen LogP contribution in [0.4, 0.5) is 0 Å². The van der Waals surface area contributed by atoms with Gasteiger partial charge in [-0.3, -0.25) is 4.79 Å². The lowest BCUT2D eigenvalue weighted by Crippen LogP contribution is -2.27. The van der Waals surface area contributed by atoms with Crippen LogP contribution in [0.3, 0.4) is 0 Å². The zero-order valence-electron chi connectivity index (χ0n) is 12.9. The van der Waals surface area contributed by atoms with Crippen LogP contribution in [0.25, 0.3) is 10.9 Å². The Bertz CT molecular complexity index is 598. The third-order valence-corrected chi connectivity index (χ3v) is 3.72. The van der Waals surface area contributed by atoms with Crippen molar-refractivity contribution in [3.63, 3.8) is 0 Å². The molecule has 0 unspecified atom stereocenters. The summed E-state index contributed by atoms with van der Waals surface area (Å²) in [6, 6.07) is 8.50. The molecule has 0 radical (unpaired) electrons. The van der Waals surface area contributed by atoms with Gasteiger partial charge >= 0.3 is 0 Å². The normalized spacial score (nSPS) is 11.2. The molecule has 2 rings (SSSR count). The van der Waals surface area contributed by atoms with E-state index in [1.807, 2.05) is 24.1 Å². The van der Waals surface area contributed by atoms with E-state index in [9.17, 15) is 4.79 Å². The van der Waals surface area contributed by atoms with Crippen molar-refractivity contribution in [2.24, 2.45) is 0 Å². The van der Waals surface area contributed by atoms with Crippen LogP contribution in [-0.2, 0) is 0 Å². The number of rotatable bonds is 5. The largest absolute Gasteiger partial charge is 0.345 e. The molecule has 0 bridgehead atoms. The van der Waals surface area contributed by atoms with Crippen LogP contribution in [0.5, 0.6) is 0 Å².